The summed E-state index contributed by atoms with van der Waals surface area (Å²) in [6.07, 6.45) is 1.08. The van der Waals surface area contributed by atoms with Gasteiger partial charge in [-0.25, -0.2) is 4.79 Å². The van der Waals surface area contributed by atoms with Gasteiger partial charge in [0.2, 0.25) is 0 Å². The topological polar surface area (TPSA) is 110 Å². The summed E-state index contributed by atoms with van der Waals surface area (Å²) in [4.78, 5) is 20.6. The second kappa shape index (κ2) is 9.29. The van der Waals surface area contributed by atoms with E-state index in [1.807, 2.05) is 6.92 Å². The third kappa shape index (κ3) is 5.54. The van der Waals surface area contributed by atoms with Gasteiger partial charge >= 0.3 is 5.97 Å². The van der Waals surface area contributed by atoms with E-state index in [1.54, 1.807) is 20.0 Å². The quantitative estimate of drug-likeness (QED) is 0.749. The SMILES string of the molecule is CC(Cc1cc(Cl)n[nH]1)OC=O.CCc1nn(C)c(C(=O)O)c1Cl. The van der Waals surface area contributed by atoms with Crippen molar-refractivity contribution >= 4 is 35.6 Å². The van der Waals surface area contributed by atoms with E-state index in [0.29, 0.717) is 30.2 Å². The van der Waals surface area contributed by atoms with Gasteiger partial charge in [-0.3, -0.25) is 14.6 Å². The van der Waals surface area contributed by atoms with Gasteiger partial charge in [0, 0.05) is 19.2 Å². The van der Waals surface area contributed by atoms with Crippen LogP contribution >= 0.6 is 23.2 Å². The van der Waals surface area contributed by atoms with E-state index in [0.717, 1.165) is 5.69 Å². The lowest BCUT2D eigenvalue weighted by atomic mass is 10.2. The van der Waals surface area contributed by atoms with Crippen molar-refractivity contribution in [3.63, 3.8) is 0 Å². The minimum absolute atomic E-state index is 0.0496. The number of carboxylic acid groups (broad SMARTS) is 1. The van der Waals surface area contributed by atoms with Gasteiger partial charge < -0.3 is 9.84 Å². The summed E-state index contributed by atoms with van der Waals surface area (Å²) in [6, 6.07) is 1.70. The highest BCUT2D eigenvalue weighted by atomic mass is 35.5. The Morgan fingerprint density at radius 1 is 1.54 bits per heavy atom. The summed E-state index contributed by atoms with van der Waals surface area (Å²) < 4.78 is 5.96. The van der Waals surface area contributed by atoms with Crippen molar-refractivity contribution in [2.75, 3.05) is 0 Å². The van der Waals surface area contributed by atoms with E-state index in [4.69, 9.17) is 28.3 Å². The molecule has 0 aliphatic heterocycles. The highest BCUT2D eigenvalue weighted by Crippen LogP contribution is 2.20. The number of halogens is 2. The zero-order valence-electron chi connectivity index (χ0n) is 13.4. The van der Waals surface area contributed by atoms with Crippen LogP contribution in [0.5, 0.6) is 0 Å². The number of aryl methyl sites for hydroxylation is 2. The van der Waals surface area contributed by atoms with Crippen LogP contribution in [0.25, 0.3) is 0 Å². The van der Waals surface area contributed by atoms with Gasteiger partial charge in [0.15, 0.2) is 10.8 Å². The molecular weight excluding hydrogens is 359 g/mol. The number of aromatic carboxylic acids is 1. The van der Waals surface area contributed by atoms with Crippen LogP contribution in [0.2, 0.25) is 10.2 Å². The lowest BCUT2D eigenvalue weighted by Gasteiger charge is -2.06. The zero-order valence-corrected chi connectivity index (χ0v) is 14.9. The molecule has 0 saturated carbocycles. The second-order valence-corrected chi connectivity index (χ2v) is 5.62. The lowest BCUT2D eigenvalue weighted by Crippen LogP contribution is -2.10. The number of hydrogen-bond acceptors (Lipinski definition) is 5. The standard InChI is InChI=1S/2C7H9ClN2O2/c1-5(12-4-11)2-6-3-7(8)10-9-6;1-3-4-5(8)6(7(11)12)10(2)9-4/h3-5H,2H2,1H3,(H,9,10);3H2,1-2H3,(H,11,12). The van der Waals surface area contributed by atoms with Crippen molar-refractivity contribution in [3.05, 3.63) is 33.3 Å². The second-order valence-electron chi connectivity index (χ2n) is 4.85. The molecule has 2 N–H and O–H groups in total. The average molecular weight is 377 g/mol. The van der Waals surface area contributed by atoms with E-state index in [-0.39, 0.29) is 16.8 Å². The zero-order chi connectivity index (χ0) is 18.3. The minimum atomic E-state index is -1.05. The number of H-pyrrole nitrogens is 1. The first-order valence-corrected chi connectivity index (χ1v) is 7.79. The molecule has 0 amide bonds. The maximum absolute atomic E-state index is 10.6. The highest BCUT2D eigenvalue weighted by Gasteiger charge is 2.18. The van der Waals surface area contributed by atoms with Crippen molar-refractivity contribution in [1.82, 2.24) is 20.0 Å². The van der Waals surface area contributed by atoms with Crippen LogP contribution in [-0.4, -0.2) is 43.6 Å². The highest BCUT2D eigenvalue weighted by molar-refractivity contribution is 6.33. The molecule has 0 aliphatic rings. The first-order chi connectivity index (χ1) is 11.3. The molecule has 8 nitrogen and oxygen atoms in total. The number of rotatable bonds is 6. The van der Waals surface area contributed by atoms with Crippen molar-refractivity contribution in [2.45, 2.75) is 32.8 Å². The van der Waals surface area contributed by atoms with E-state index >= 15 is 0 Å². The molecule has 0 bridgehead atoms. The van der Waals surface area contributed by atoms with Gasteiger partial charge in [0.25, 0.3) is 6.47 Å². The minimum Gasteiger partial charge on any atom is -0.476 e. The van der Waals surface area contributed by atoms with Gasteiger partial charge in [-0.15, -0.1) is 0 Å². The van der Waals surface area contributed by atoms with Gasteiger partial charge in [-0.1, -0.05) is 30.1 Å². The molecule has 0 aromatic carbocycles. The fraction of sp³-hybridized carbons (Fsp3) is 0.429. The smallest absolute Gasteiger partial charge is 0.355 e. The molecule has 1 atom stereocenters. The number of nitrogens with one attached hydrogen (secondary N) is 1. The van der Waals surface area contributed by atoms with Crippen molar-refractivity contribution < 1.29 is 19.4 Å². The molecule has 2 rings (SSSR count). The van der Waals surface area contributed by atoms with Crippen molar-refractivity contribution in [2.24, 2.45) is 7.05 Å². The Morgan fingerprint density at radius 3 is 2.58 bits per heavy atom. The van der Waals surface area contributed by atoms with Crippen LogP contribution < -0.4 is 0 Å². The Labute approximate surface area is 148 Å². The predicted molar refractivity (Wildman–Crippen MR) is 88.5 cm³/mol. The number of ether oxygens (including phenoxy) is 1. The van der Waals surface area contributed by atoms with Gasteiger partial charge in [0.05, 0.1) is 10.7 Å². The molecule has 2 aromatic heterocycles. The summed E-state index contributed by atoms with van der Waals surface area (Å²) in [6.45, 7) is 4.10. The van der Waals surface area contributed by atoms with Gasteiger partial charge in [-0.05, 0) is 19.4 Å². The third-order valence-electron chi connectivity index (χ3n) is 2.99. The third-order valence-corrected chi connectivity index (χ3v) is 3.58. The maximum Gasteiger partial charge on any atom is 0.355 e. The predicted octanol–water partition coefficient (Wildman–Crippen LogP) is 2.50. The Balaban J connectivity index is 0.000000240. The summed E-state index contributed by atoms with van der Waals surface area (Å²) >= 11 is 11.3. The number of carboxylic acids is 1. The number of nitrogens with zero attached hydrogens (tertiary/aromatic N) is 3. The van der Waals surface area contributed by atoms with E-state index < -0.39 is 5.97 Å². The van der Waals surface area contributed by atoms with Crippen LogP contribution in [0.3, 0.4) is 0 Å². The molecule has 0 saturated heterocycles. The largest absolute Gasteiger partial charge is 0.476 e. The van der Waals surface area contributed by atoms with Gasteiger partial charge in [0.1, 0.15) is 6.10 Å². The molecule has 2 heterocycles. The van der Waals surface area contributed by atoms with Crippen LogP contribution in [0, 0.1) is 0 Å². The molecule has 132 valence electrons. The summed E-state index contributed by atoms with van der Waals surface area (Å²) in [7, 11) is 1.56. The van der Waals surface area contributed by atoms with Crippen molar-refractivity contribution in [1.29, 1.82) is 0 Å². The van der Waals surface area contributed by atoms with Crippen LogP contribution in [-0.2, 0) is 29.4 Å². The summed E-state index contributed by atoms with van der Waals surface area (Å²) in [5.41, 5.74) is 1.53. The molecule has 2 aromatic rings. The Hall–Kier alpha value is -2.06. The molecule has 0 aliphatic carbocycles. The lowest BCUT2D eigenvalue weighted by molar-refractivity contribution is -0.132. The Bertz CT molecular complexity index is 699. The summed E-state index contributed by atoms with van der Waals surface area (Å²) in [5.74, 6) is -1.05. The molecule has 0 spiro atoms. The normalized spacial score (nSPS) is 11.4. The maximum atomic E-state index is 10.6. The molecular formula is C14H18Cl2N4O4. The first kappa shape index (κ1) is 20.0. The fourth-order valence-corrected chi connectivity index (χ4v) is 2.45. The monoisotopic (exact) mass is 376 g/mol. The number of hydrogen-bond donors (Lipinski definition) is 2. The summed E-state index contributed by atoms with van der Waals surface area (Å²) in [5, 5.41) is 19.8. The molecule has 10 heteroatoms. The average Bonchev–Trinajstić information content (AvgIpc) is 3.02. The molecule has 24 heavy (non-hydrogen) atoms. The molecule has 0 fully saturated rings. The Morgan fingerprint density at radius 2 is 2.21 bits per heavy atom. The Kier molecular flexibility index (Phi) is 7.73. The van der Waals surface area contributed by atoms with Crippen LogP contribution in [0.15, 0.2) is 6.07 Å². The number of carbonyl (C=O) groups excluding carboxylic acids is 1. The van der Waals surface area contributed by atoms with E-state index in [1.165, 1.54) is 4.68 Å². The van der Waals surface area contributed by atoms with E-state index in [9.17, 15) is 9.59 Å². The van der Waals surface area contributed by atoms with E-state index in [2.05, 4.69) is 20.0 Å². The molecule has 0 radical (unpaired) electrons. The fourth-order valence-electron chi connectivity index (χ4n) is 1.90. The number of carbonyl (C=O) groups is 2. The first-order valence-electron chi connectivity index (χ1n) is 7.03. The number of aromatic nitrogens is 4. The molecule has 1 unspecified atom stereocenters. The van der Waals surface area contributed by atoms with Crippen LogP contribution in [0.1, 0.15) is 35.7 Å². The number of aromatic amines is 1. The van der Waals surface area contributed by atoms with Crippen molar-refractivity contribution in [3.8, 4) is 0 Å². The van der Waals surface area contributed by atoms with Gasteiger partial charge in [-0.2, -0.15) is 10.2 Å². The van der Waals surface area contributed by atoms with Crippen LogP contribution in [0.4, 0.5) is 0 Å².